The highest BCUT2D eigenvalue weighted by molar-refractivity contribution is 6.30. The van der Waals surface area contributed by atoms with E-state index in [4.69, 9.17) is 27.3 Å². The minimum atomic E-state index is 0.304. The third kappa shape index (κ3) is 2.83. The van der Waals surface area contributed by atoms with Gasteiger partial charge in [-0.05, 0) is 61.1 Å². The minimum absolute atomic E-state index is 0.304. The Morgan fingerprint density at radius 3 is 2.57 bits per heavy atom. The molecular formula is C22H22N6. The Kier molecular flexibility index (Phi) is 4.61. The second-order valence-electron chi connectivity index (χ2n) is 6.93. The number of hydrogen-bond donors (Lipinski definition) is 4. The maximum Gasteiger partial charge on any atom is 0.0780 e. The molecule has 1 aliphatic rings. The molecule has 6 nitrogen and oxygen atoms in total. The molecule has 1 aromatic carbocycles. The highest BCUT2D eigenvalue weighted by atomic mass is 14.7. The third-order valence-corrected chi connectivity index (χ3v) is 5.33. The van der Waals surface area contributed by atoms with Crippen molar-refractivity contribution in [2.45, 2.75) is 25.7 Å². The number of nitrogens with zero attached hydrogens (tertiary/aromatic N) is 2. The fourth-order valence-corrected chi connectivity index (χ4v) is 3.99. The SMILES string of the molecule is N=Cc1c(N)ccc2nc(/C(=C/N)C(=N)c3cccnc3)c3c(c12)CCCC3. The van der Waals surface area contributed by atoms with Crippen LogP contribution in [0.3, 0.4) is 0 Å². The topological polar surface area (TPSA) is 126 Å². The van der Waals surface area contributed by atoms with Crippen LogP contribution in [-0.4, -0.2) is 21.9 Å². The number of fused-ring (bicyclic) bond motifs is 3. The van der Waals surface area contributed by atoms with Gasteiger partial charge in [0.05, 0.1) is 16.9 Å². The minimum Gasteiger partial charge on any atom is -0.404 e. The number of benzene rings is 1. The average molecular weight is 370 g/mol. The molecule has 28 heavy (non-hydrogen) atoms. The zero-order chi connectivity index (χ0) is 19.7. The van der Waals surface area contributed by atoms with Gasteiger partial charge in [0.1, 0.15) is 0 Å². The van der Waals surface area contributed by atoms with E-state index in [2.05, 4.69) is 4.98 Å². The van der Waals surface area contributed by atoms with Crippen LogP contribution in [0.2, 0.25) is 0 Å². The number of anilines is 1. The van der Waals surface area contributed by atoms with Crippen molar-refractivity contribution in [3.05, 3.63) is 70.8 Å². The van der Waals surface area contributed by atoms with Gasteiger partial charge in [0.25, 0.3) is 0 Å². The summed E-state index contributed by atoms with van der Waals surface area (Å²) in [5.41, 5.74) is 18.8. The number of aromatic nitrogens is 2. The number of allylic oxidation sites excluding steroid dienone is 1. The van der Waals surface area contributed by atoms with Crippen molar-refractivity contribution in [3.63, 3.8) is 0 Å². The lowest BCUT2D eigenvalue weighted by atomic mass is 9.84. The first-order valence-corrected chi connectivity index (χ1v) is 9.31. The molecule has 0 unspecified atom stereocenters. The number of rotatable bonds is 4. The van der Waals surface area contributed by atoms with Crippen LogP contribution in [0.25, 0.3) is 16.5 Å². The van der Waals surface area contributed by atoms with E-state index in [-0.39, 0.29) is 0 Å². The molecule has 6 N–H and O–H groups in total. The Balaban J connectivity index is 1.98. The summed E-state index contributed by atoms with van der Waals surface area (Å²) in [7, 11) is 0. The maximum atomic E-state index is 8.68. The van der Waals surface area contributed by atoms with Crippen LogP contribution in [0.15, 0.2) is 42.9 Å². The summed E-state index contributed by atoms with van der Waals surface area (Å²) in [5, 5.41) is 17.5. The maximum absolute atomic E-state index is 8.68. The van der Waals surface area contributed by atoms with Gasteiger partial charge in [-0.15, -0.1) is 0 Å². The van der Waals surface area contributed by atoms with Gasteiger partial charge in [-0.25, -0.2) is 4.98 Å². The molecule has 0 aliphatic heterocycles. The normalized spacial score (nSPS) is 13.9. The van der Waals surface area contributed by atoms with Crippen LogP contribution in [0, 0.1) is 10.8 Å². The summed E-state index contributed by atoms with van der Waals surface area (Å²) in [6.45, 7) is 0. The number of aryl methyl sites for hydroxylation is 1. The second-order valence-corrected chi connectivity index (χ2v) is 6.93. The van der Waals surface area contributed by atoms with E-state index in [0.29, 0.717) is 22.5 Å². The predicted molar refractivity (Wildman–Crippen MR) is 114 cm³/mol. The van der Waals surface area contributed by atoms with E-state index >= 15 is 0 Å². The molecule has 1 aliphatic carbocycles. The van der Waals surface area contributed by atoms with Crippen molar-refractivity contribution in [2.24, 2.45) is 5.73 Å². The number of hydrogen-bond acceptors (Lipinski definition) is 6. The first-order valence-electron chi connectivity index (χ1n) is 9.31. The molecule has 2 aromatic heterocycles. The van der Waals surface area contributed by atoms with Gasteiger partial charge in [-0.3, -0.25) is 10.4 Å². The fourth-order valence-electron chi connectivity index (χ4n) is 3.99. The Hall–Kier alpha value is -3.54. The molecule has 0 radical (unpaired) electrons. The van der Waals surface area contributed by atoms with E-state index in [9.17, 15) is 0 Å². The monoisotopic (exact) mass is 370 g/mol. The van der Waals surface area contributed by atoms with Gasteiger partial charge >= 0.3 is 0 Å². The summed E-state index contributed by atoms with van der Waals surface area (Å²) in [6.07, 6.45) is 10.0. The van der Waals surface area contributed by atoms with E-state index < -0.39 is 0 Å². The van der Waals surface area contributed by atoms with Gasteiger partial charge in [-0.2, -0.15) is 0 Å². The lowest BCUT2D eigenvalue weighted by Gasteiger charge is -2.23. The molecule has 0 spiro atoms. The van der Waals surface area contributed by atoms with Crippen LogP contribution in [0.5, 0.6) is 0 Å². The molecule has 0 fully saturated rings. The van der Waals surface area contributed by atoms with Crippen molar-refractivity contribution in [3.8, 4) is 0 Å². The lowest BCUT2D eigenvalue weighted by molar-refractivity contribution is 0.686. The Morgan fingerprint density at radius 1 is 1.11 bits per heavy atom. The summed E-state index contributed by atoms with van der Waals surface area (Å²) in [4.78, 5) is 9.01. The van der Waals surface area contributed by atoms with Crippen molar-refractivity contribution in [2.75, 3.05) is 5.73 Å². The smallest absolute Gasteiger partial charge is 0.0780 e. The zero-order valence-corrected chi connectivity index (χ0v) is 15.5. The number of pyridine rings is 2. The molecule has 3 aromatic rings. The van der Waals surface area contributed by atoms with Crippen LogP contribution in [0.1, 0.15) is 40.8 Å². The average Bonchev–Trinajstić information content (AvgIpc) is 2.75. The number of nitrogens with one attached hydrogen (secondary N) is 2. The van der Waals surface area contributed by atoms with E-state index in [0.717, 1.165) is 53.4 Å². The summed E-state index contributed by atoms with van der Waals surface area (Å²) < 4.78 is 0. The third-order valence-electron chi connectivity index (χ3n) is 5.33. The molecule has 0 amide bonds. The molecule has 0 saturated heterocycles. The van der Waals surface area contributed by atoms with Crippen LogP contribution in [-0.2, 0) is 12.8 Å². The Bertz CT molecular complexity index is 1120. The lowest BCUT2D eigenvalue weighted by Crippen LogP contribution is -2.15. The molecule has 140 valence electrons. The summed E-state index contributed by atoms with van der Waals surface area (Å²) >= 11 is 0. The van der Waals surface area contributed by atoms with Gasteiger partial charge in [-0.1, -0.05) is 0 Å². The summed E-state index contributed by atoms with van der Waals surface area (Å²) in [6, 6.07) is 7.32. The summed E-state index contributed by atoms with van der Waals surface area (Å²) in [5.74, 6) is 0. The molecule has 2 heterocycles. The quantitative estimate of drug-likeness (QED) is 0.414. The molecule has 0 saturated carbocycles. The van der Waals surface area contributed by atoms with Crippen molar-refractivity contribution in [1.82, 2.24) is 9.97 Å². The highest BCUT2D eigenvalue weighted by Crippen LogP contribution is 2.36. The van der Waals surface area contributed by atoms with Gasteiger partial charge < -0.3 is 16.9 Å². The Morgan fingerprint density at radius 2 is 1.89 bits per heavy atom. The van der Waals surface area contributed by atoms with Gasteiger partial charge in [0.15, 0.2) is 0 Å². The van der Waals surface area contributed by atoms with E-state index in [1.807, 2.05) is 12.1 Å². The zero-order valence-electron chi connectivity index (χ0n) is 15.5. The largest absolute Gasteiger partial charge is 0.404 e. The van der Waals surface area contributed by atoms with Crippen molar-refractivity contribution >= 4 is 34.1 Å². The first kappa shape index (κ1) is 17.9. The van der Waals surface area contributed by atoms with Crippen LogP contribution in [0.4, 0.5) is 5.69 Å². The van der Waals surface area contributed by atoms with Crippen molar-refractivity contribution in [1.29, 1.82) is 10.8 Å². The standard InChI is InChI=1S/C22H22N6/c23-10-16-18(25)7-8-19-20(16)14-5-1-2-6-15(14)22(28-19)17(11-24)21(26)13-4-3-9-27-12-13/h3-4,7-12,23,26H,1-2,5-6,24-25H2/b17-11+,23-10?,26-21?. The highest BCUT2D eigenvalue weighted by Gasteiger charge is 2.24. The van der Waals surface area contributed by atoms with Gasteiger partial charge in [0.2, 0.25) is 0 Å². The van der Waals surface area contributed by atoms with Gasteiger partial charge in [0, 0.05) is 52.6 Å². The molecular weight excluding hydrogens is 348 g/mol. The fraction of sp³-hybridized carbons (Fsp3) is 0.182. The molecule has 0 atom stereocenters. The number of nitrogen functional groups attached to an aromatic ring is 1. The molecule has 6 heteroatoms. The molecule has 4 rings (SSSR count). The van der Waals surface area contributed by atoms with Crippen LogP contribution < -0.4 is 11.5 Å². The van der Waals surface area contributed by atoms with Crippen LogP contribution >= 0.6 is 0 Å². The predicted octanol–water partition coefficient (Wildman–Crippen LogP) is 3.46. The second kappa shape index (κ2) is 7.23. The first-order chi connectivity index (χ1) is 13.7. The van der Waals surface area contributed by atoms with E-state index in [1.54, 1.807) is 24.5 Å². The van der Waals surface area contributed by atoms with Crippen molar-refractivity contribution < 1.29 is 0 Å². The van der Waals surface area contributed by atoms with E-state index in [1.165, 1.54) is 18.0 Å². The molecule has 0 bridgehead atoms. The number of nitrogens with two attached hydrogens (primary N) is 2. The Labute approximate surface area is 163 Å².